The molecule has 1 aliphatic carbocycles. The van der Waals surface area contributed by atoms with Gasteiger partial charge in [-0.15, -0.1) is 0 Å². The lowest BCUT2D eigenvalue weighted by Crippen LogP contribution is -2.56. The van der Waals surface area contributed by atoms with Gasteiger partial charge in [0.05, 0.1) is 18.0 Å². The van der Waals surface area contributed by atoms with Gasteiger partial charge in [0.15, 0.2) is 0 Å². The van der Waals surface area contributed by atoms with Gasteiger partial charge >= 0.3 is 6.18 Å². The number of nitrogens with zero attached hydrogens (tertiary/aromatic N) is 3. The number of aromatic nitrogens is 2. The van der Waals surface area contributed by atoms with Gasteiger partial charge in [-0.1, -0.05) is 18.6 Å². The number of piperidine rings is 1. The van der Waals surface area contributed by atoms with Crippen LogP contribution in [0.5, 0.6) is 0 Å². The molecule has 1 spiro atoms. The Morgan fingerprint density at radius 1 is 1.20 bits per heavy atom. The van der Waals surface area contributed by atoms with E-state index in [2.05, 4.69) is 14.9 Å². The number of alkyl halides is 3. The minimum atomic E-state index is -4.10. The number of hydrogen-bond acceptors (Lipinski definition) is 4. The maximum atomic E-state index is 13.4. The first-order valence-electron chi connectivity index (χ1n) is 8.68. The van der Waals surface area contributed by atoms with E-state index in [1.165, 1.54) is 0 Å². The lowest BCUT2D eigenvalue weighted by molar-refractivity contribution is -0.238. The number of nitrogen functional groups attached to an aromatic ring is 1. The minimum absolute atomic E-state index is 0.159. The van der Waals surface area contributed by atoms with Gasteiger partial charge in [0.2, 0.25) is 0 Å². The molecule has 4 rings (SSSR count). The number of fused-ring (bicyclic) bond motifs is 1. The molecule has 1 saturated heterocycles. The van der Waals surface area contributed by atoms with Gasteiger partial charge in [-0.2, -0.15) is 13.2 Å². The molecule has 1 saturated carbocycles. The Morgan fingerprint density at radius 3 is 2.64 bits per heavy atom. The number of anilines is 1. The first-order valence-corrected chi connectivity index (χ1v) is 8.68. The molecular weight excluding hydrogens is 329 g/mol. The van der Waals surface area contributed by atoms with Crippen molar-refractivity contribution in [1.82, 2.24) is 14.9 Å². The number of benzene rings is 1. The van der Waals surface area contributed by atoms with Gasteiger partial charge in [0.1, 0.15) is 11.6 Å². The average molecular weight is 350 g/mol. The smallest absolute Gasteiger partial charge is 0.383 e. The number of nitrogens with two attached hydrogens (primary N) is 1. The van der Waals surface area contributed by atoms with E-state index in [1.54, 1.807) is 0 Å². The monoisotopic (exact) mass is 350 g/mol. The van der Waals surface area contributed by atoms with E-state index in [-0.39, 0.29) is 6.42 Å². The van der Waals surface area contributed by atoms with Crippen LogP contribution in [0.3, 0.4) is 0 Å². The molecule has 0 radical (unpaired) electrons. The minimum Gasteiger partial charge on any atom is -0.383 e. The molecule has 0 amide bonds. The predicted octanol–water partition coefficient (Wildman–Crippen LogP) is 3.77. The van der Waals surface area contributed by atoms with Crippen molar-refractivity contribution in [2.24, 2.45) is 11.3 Å². The molecule has 2 aliphatic rings. The summed E-state index contributed by atoms with van der Waals surface area (Å²) in [6, 6.07) is 7.51. The van der Waals surface area contributed by atoms with E-state index in [0.29, 0.717) is 44.1 Å². The zero-order valence-electron chi connectivity index (χ0n) is 13.9. The summed E-state index contributed by atoms with van der Waals surface area (Å²) in [5.74, 6) is -0.173. The highest BCUT2D eigenvalue weighted by Crippen LogP contribution is 2.56. The highest BCUT2D eigenvalue weighted by Gasteiger charge is 2.57. The van der Waals surface area contributed by atoms with Crippen LogP contribution in [0.1, 0.15) is 31.5 Å². The maximum Gasteiger partial charge on any atom is 0.392 e. The van der Waals surface area contributed by atoms with Gasteiger partial charge in [-0.3, -0.25) is 4.90 Å². The van der Waals surface area contributed by atoms with E-state index < -0.39 is 17.5 Å². The fraction of sp³-hybridized carbons (Fsp3) is 0.556. The first-order chi connectivity index (χ1) is 11.9. The van der Waals surface area contributed by atoms with E-state index in [9.17, 15) is 13.2 Å². The summed E-state index contributed by atoms with van der Waals surface area (Å²) < 4.78 is 40.1. The molecule has 0 bridgehead atoms. The van der Waals surface area contributed by atoms with E-state index in [0.717, 1.165) is 17.3 Å². The average Bonchev–Trinajstić information content (AvgIpc) is 2.52. The number of halogens is 3. The summed E-state index contributed by atoms with van der Waals surface area (Å²) >= 11 is 0. The Hall–Kier alpha value is -1.89. The summed E-state index contributed by atoms with van der Waals surface area (Å²) in [6.07, 6.45) is -1.73. The van der Waals surface area contributed by atoms with Crippen molar-refractivity contribution >= 4 is 16.7 Å². The lowest BCUT2D eigenvalue weighted by atomic mass is 9.58. The molecule has 1 atom stereocenters. The van der Waals surface area contributed by atoms with Gasteiger partial charge in [-0.05, 0) is 43.4 Å². The summed E-state index contributed by atoms with van der Waals surface area (Å²) in [4.78, 5) is 11.0. The second kappa shape index (κ2) is 5.83. The van der Waals surface area contributed by atoms with E-state index in [4.69, 9.17) is 5.73 Å². The highest BCUT2D eigenvalue weighted by atomic mass is 19.4. The van der Waals surface area contributed by atoms with Crippen LogP contribution in [0.25, 0.3) is 10.9 Å². The number of rotatable bonds is 2. The SMILES string of the molecule is Nc1nc(CN2CC[C@@H](C(F)(F)F)C3(CCC3)C2)nc2ccccc12. The van der Waals surface area contributed by atoms with E-state index in [1.807, 2.05) is 24.3 Å². The largest absolute Gasteiger partial charge is 0.392 e. The van der Waals surface area contributed by atoms with Crippen molar-refractivity contribution in [2.45, 2.75) is 38.4 Å². The van der Waals surface area contributed by atoms with Gasteiger partial charge in [0, 0.05) is 11.9 Å². The van der Waals surface area contributed by atoms with Crippen molar-refractivity contribution < 1.29 is 13.2 Å². The van der Waals surface area contributed by atoms with Gasteiger partial charge in [-0.25, -0.2) is 9.97 Å². The molecule has 2 N–H and O–H groups in total. The Kier molecular flexibility index (Phi) is 3.86. The van der Waals surface area contributed by atoms with Crippen LogP contribution in [-0.2, 0) is 6.54 Å². The van der Waals surface area contributed by atoms with Crippen molar-refractivity contribution in [1.29, 1.82) is 0 Å². The molecule has 25 heavy (non-hydrogen) atoms. The Morgan fingerprint density at radius 2 is 1.96 bits per heavy atom. The third kappa shape index (κ3) is 2.94. The highest BCUT2D eigenvalue weighted by molar-refractivity contribution is 5.87. The summed E-state index contributed by atoms with van der Waals surface area (Å²) in [7, 11) is 0. The number of para-hydroxylation sites is 1. The number of likely N-dealkylation sites (tertiary alicyclic amines) is 1. The van der Waals surface area contributed by atoms with Crippen molar-refractivity contribution in [3.05, 3.63) is 30.1 Å². The normalized spacial score (nSPS) is 23.7. The lowest BCUT2D eigenvalue weighted by Gasteiger charge is -2.54. The van der Waals surface area contributed by atoms with E-state index >= 15 is 0 Å². The molecule has 0 unspecified atom stereocenters. The summed E-state index contributed by atoms with van der Waals surface area (Å²) in [5.41, 5.74) is 6.17. The van der Waals surface area contributed by atoms with Crippen molar-refractivity contribution in [2.75, 3.05) is 18.8 Å². The van der Waals surface area contributed by atoms with Crippen molar-refractivity contribution in [3.8, 4) is 0 Å². The Bertz CT molecular complexity index is 785. The Labute approximate surface area is 144 Å². The van der Waals surface area contributed by atoms with Crippen LogP contribution in [0.2, 0.25) is 0 Å². The Balaban J connectivity index is 1.54. The molecular formula is C18H21F3N4. The third-order valence-corrected chi connectivity index (χ3v) is 5.80. The molecule has 2 aromatic rings. The third-order valence-electron chi connectivity index (χ3n) is 5.80. The first kappa shape index (κ1) is 16.6. The fourth-order valence-corrected chi connectivity index (χ4v) is 4.46. The predicted molar refractivity (Wildman–Crippen MR) is 89.7 cm³/mol. The summed E-state index contributed by atoms with van der Waals surface area (Å²) in [6.45, 7) is 1.33. The van der Waals surface area contributed by atoms with Crippen LogP contribution >= 0.6 is 0 Å². The fourth-order valence-electron chi connectivity index (χ4n) is 4.46. The second-order valence-electron chi connectivity index (χ2n) is 7.35. The molecule has 2 fully saturated rings. The quantitative estimate of drug-likeness (QED) is 0.896. The van der Waals surface area contributed by atoms with Gasteiger partial charge in [0.25, 0.3) is 0 Å². The van der Waals surface area contributed by atoms with Crippen LogP contribution < -0.4 is 5.73 Å². The molecule has 4 nitrogen and oxygen atoms in total. The molecule has 1 aromatic heterocycles. The maximum absolute atomic E-state index is 13.4. The molecule has 7 heteroatoms. The zero-order chi connectivity index (χ0) is 17.7. The van der Waals surface area contributed by atoms with Crippen LogP contribution in [0, 0.1) is 11.3 Å². The molecule has 1 aromatic carbocycles. The van der Waals surface area contributed by atoms with Crippen molar-refractivity contribution in [3.63, 3.8) is 0 Å². The molecule has 1 aliphatic heterocycles. The standard InChI is InChI=1S/C18H21F3N4/c19-18(20,21)14-6-9-25(11-17(14)7-3-8-17)10-15-23-13-5-2-1-4-12(13)16(22)24-15/h1-2,4-5,14H,3,6-11H2,(H2,22,23,24)/t14-/m1/s1. The topological polar surface area (TPSA) is 55.0 Å². The summed E-state index contributed by atoms with van der Waals surface area (Å²) in [5, 5.41) is 0.803. The van der Waals surface area contributed by atoms with Crippen LogP contribution in [-0.4, -0.2) is 34.1 Å². The molecule has 134 valence electrons. The second-order valence-corrected chi connectivity index (χ2v) is 7.35. The van der Waals surface area contributed by atoms with Crippen LogP contribution in [0.4, 0.5) is 19.0 Å². The van der Waals surface area contributed by atoms with Gasteiger partial charge < -0.3 is 5.73 Å². The molecule has 2 heterocycles. The number of hydrogen-bond donors (Lipinski definition) is 1. The van der Waals surface area contributed by atoms with Crippen LogP contribution in [0.15, 0.2) is 24.3 Å². The zero-order valence-corrected chi connectivity index (χ0v) is 13.9.